The summed E-state index contributed by atoms with van der Waals surface area (Å²) in [6, 6.07) is 9.50. The van der Waals surface area contributed by atoms with Crippen molar-refractivity contribution >= 4 is 5.97 Å². The van der Waals surface area contributed by atoms with Crippen molar-refractivity contribution in [3.63, 3.8) is 0 Å². The van der Waals surface area contributed by atoms with E-state index in [1.807, 2.05) is 31.2 Å². The van der Waals surface area contributed by atoms with Gasteiger partial charge in [0.2, 0.25) is 5.88 Å². The number of aryl methyl sites for hydroxylation is 1. The smallest absolute Gasteiger partial charge is 0.313 e. The monoisotopic (exact) mass is 457 g/mol. The maximum atomic E-state index is 11.3. The predicted molar refractivity (Wildman–Crippen MR) is 124 cm³/mol. The molecule has 9 nitrogen and oxygen atoms in total. The minimum atomic E-state index is -0.815. The van der Waals surface area contributed by atoms with E-state index in [0.717, 1.165) is 33.7 Å². The molecule has 3 aromatic heterocycles. The number of carboxylic acids is 1. The Labute approximate surface area is 195 Å². The molecule has 1 aliphatic carbocycles. The summed E-state index contributed by atoms with van der Waals surface area (Å²) in [5.74, 6) is 1.37. The topological polar surface area (TPSA) is 123 Å². The number of nitrogens with one attached hydrogen (secondary N) is 1. The van der Waals surface area contributed by atoms with Gasteiger partial charge in [0, 0.05) is 41.3 Å². The number of carbonyl (C=O) groups is 1. The van der Waals surface area contributed by atoms with Crippen LogP contribution in [0.3, 0.4) is 0 Å². The summed E-state index contributed by atoms with van der Waals surface area (Å²) >= 11 is 0. The average Bonchev–Trinajstić information content (AvgIpc) is 3.51. The van der Waals surface area contributed by atoms with Gasteiger partial charge >= 0.3 is 5.97 Å². The first-order valence-electron chi connectivity index (χ1n) is 10.8. The zero-order valence-electron chi connectivity index (χ0n) is 18.8. The summed E-state index contributed by atoms with van der Waals surface area (Å²) in [5, 5.41) is 9.29. The average molecular weight is 457 g/mol. The minimum Gasteiger partial charge on any atom is -0.496 e. The van der Waals surface area contributed by atoms with E-state index in [2.05, 4.69) is 24.9 Å². The Kier molecular flexibility index (Phi) is 5.45. The quantitative estimate of drug-likeness (QED) is 0.404. The Balaban J connectivity index is 1.32. The van der Waals surface area contributed by atoms with Gasteiger partial charge in [-0.1, -0.05) is 12.1 Å². The number of benzene rings is 1. The molecule has 1 aliphatic rings. The number of nitrogens with zero attached hydrogens (tertiary/aromatic N) is 4. The Hall–Kier alpha value is -4.27. The Morgan fingerprint density at radius 2 is 1.82 bits per heavy atom. The second-order valence-corrected chi connectivity index (χ2v) is 8.35. The van der Waals surface area contributed by atoms with E-state index in [4.69, 9.17) is 9.47 Å². The van der Waals surface area contributed by atoms with E-state index in [9.17, 15) is 9.90 Å². The summed E-state index contributed by atoms with van der Waals surface area (Å²) in [7, 11) is 1.63. The molecule has 34 heavy (non-hydrogen) atoms. The largest absolute Gasteiger partial charge is 0.496 e. The van der Waals surface area contributed by atoms with E-state index in [-0.39, 0.29) is 6.61 Å². The van der Waals surface area contributed by atoms with Crippen LogP contribution in [-0.4, -0.2) is 49.7 Å². The third-order valence-corrected chi connectivity index (χ3v) is 6.04. The lowest BCUT2D eigenvalue weighted by molar-refractivity contribution is -0.144. The van der Waals surface area contributed by atoms with Crippen LogP contribution in [0.2, 0.25) is 0 Å². The highest BCUT2D eigenvalue weighted by Crippen LogP contribution is 2.46. The third-order valence-electron chi connectivity index (χ3n) is 6.04. The number of rotatable bonds is 8. The fourth-order valence-electron chi connectivity index (χ4n) is 3.72. The predicted octanol–water partition coefficient (Wildman–Crippen LogP) is 4.16. The van der Waals surface area contributed by atoms with Gasteiger partial charge in [-0.15, -0.1) is 0 Å². The lowest BCUT2D eigenvalue weighted by Gasteiger charge is -2.12. The van der Waals surface area contributed by atoms with Gasteiger partial charge < -0.3 is 19.6 Å². The standard InChI is InChI=1S/C25H23N5O4/c1-15-9-21(34-14-25(7-8-25)24(31)32)26-12-18(15)16-10-27-22(28-11-16)23-29-13-19(30-23)17-5-3-4-6-20(17)33-2/h3-6,9-13H,7-8,14H2,1-2H3,(H,29,30)(H,31,32). The van der Waals surface area contributed by atoms with Gasteiger partial charge in [0.05, 0.1) is 19.0 Å². The van der Waals surface area contributed by atoms with Crippen LogP contribution < -0.4 is 9.47 Å². The molecular weight excluding hydrogens is 434 g/mol. The molecule has 0 atom stereocenters. The molecular formula is C25H23N5O4. The van der Waals surface area contributed by atoms with Gasteiger partial charge in [-0.25, -0.2) is 19.9 Å². The normalized spacial score (nSPS) is 13.9. The molecule has 0 bridgehead atoms. The molecule has 2 N–H and O–H groups in total. The van der Waals surface area contributed by atoms with Crippen molar-refractivity contribution in [3.05, 3.63) is 60.7 Å². The van der Waals surface area contributed by atoms with Crippen LogP contribution in [0.1, 0.15) is 18.4 Å². The first kappa shape index (κ1) is 21.6. The number of ether oxygens (including phenoxy) is 2. The molecule has 0 amide bonds. The first-order valence-corrected chi connectivity index (χ1v) is 10.8. The summed E-state index contributed by atoms with van der Waals surface area (Å²) in [6.45, 7) is 2.07. The molecule has 0 unspecified atom stereocenters. The molecule has 172 valence electrons. The number of carboxylic acid groups (broad SMARTS) is 1. The number of aromatic nitrogens is 5. The summed E-state index contributed by atoms with van der Waals surface area (Å²) < 4.78 is 11.1. The van der Waals surface area contributed by atoms with Crippen molar-refractivity contribution in [3.8, 4) is 45.7 Å². The van der Waals surface area contributed by atoms with Crippen molar-refractivity contribution in [2.75, 3.05) is 13.7 Å². The molecule has 0 spiro atoms. The van der Waals surface area contributed by atoms with Crippen molar-refractivity contribution in [2.45, 2.75) is 19.8 Å². The number of imidazole rings is 1. The number of aliphatic carboxylic acids is 1. The summed E-state index contributed by atoms with van der Waals surface area (Å²) in [6.07, 6.45) is 8.14. The number of hydrogen-bond acceptors (Lipinski definition) is 7. The van der Waals surface area contributed by atoms with Gasteiger partial charge in [0.1, 0.15) is 17.8 Å². The Morgan fingerprint density at radius 1 is 1.06 bits per heavy atom. The highest BCUT2D eigenvalue weighted by molar-refractivity contribution is 5.78. The van der Waals surface area contributed by atoms with E-state index in [0.29, 0.717) is 30.4 Å². The molecule has 1 saturated carbocycles. The molecule has 4 aromatic rings. The fourth-order valence-corrected chi connectivity index (χ4v) is 3.72. The zero-order valence-corrected chi connectivity index (χ0v) is 18.8. The lowest BCUT2D eigenvalue weighted by Crippen LogP contribution is -2.23. The molecule has 1 aromatic carbocycles. The number of hydrogen-bond donors (Lipinski definition) is 2. The molecule has 0 radical (unpaired) electrons. The van der Waals surface area contributed by atoms with E-state index >= 15 is 0 Å². The van der Waals surface area contributed by atoms with Crippen molar-refractivity contribution in [2.24, 2.45) is 5.41 Å². The first-order chi connectivity index (χ1) is 16.5. The lowest BCUT2D eigenvalue weighted by atomic mass is 10.1. The Morgan fingerprint density at radius 3 is 2.50 bits per heavy atom. The van der Waals surface area contributed by atoms with E-state index in [1.165, 1.54) is 0 Å². The number of pyridine rings is 1. The fraction of sp³-hybridized carbons (Fsp3) is 0.240. The van der Waals surface area contributed by atoms with Crippen LogP contribution in [0.25, 0.3) is 34.0 Å². The SMILES string of the molecule is COc1ccccc1-c1cnc(-c2ncc(-c3cnc(OCC4(C(=O)O)CC4)cc3C)cn2)[nH]1. The minimum absolute atomic E-state index is 0.131. The van der Waals surface area contributed by atoms with Crippen LogP contribution in [0.15, 0.2) is 55.1 Å². The highest BCUT2D eigenvalue weighted by atomic mass is 16.5. The van der Waals surface area contributed by atoms with Crippen LogP contribution >= 0.6 is 0 Å². The summed E-state index contributed by atoms with van der Waals surface area (Å²) in [5.41, 5.74) is 3.56. The van der Waals surface area contributed by atoms with E-state index < -0.39 is 11.4 Å². The number of H-pyrrole nitrogens is 1. The highest BCUT2D eigenvalue weighted by Gasteiger charge is 2.51. The molecule has 0 aliphatic heterocycles. The van der Waals surface area contributed by atoms with Crippen LogP contribution in [0.4, 0.5) is 0 Å². The van der Waals surface area contributed by atoms with Crippen molar-refractivity contribution in [1.29, 1.82) is 0 Å². The van der Waals surface area contributed by atoms with Gasteiger partial charge in [-0.2, -0.15) is 0 Å². The van der Waals surface area contributed by atoms with Crippen molar-refractivity contribution < 1.29 is 19.4 Å². The maximum Gasteiger partial charge on any atom is 0.313 e. The number of methoxy groups -OCH3 is 1. The molecule has 0 saturated heterocycles. The van der Waals surface area contributed by atoms with E-state index in [1.54, 1.807) is 38.0 Å². The zero-order chi connectivity index (χ0) is 23.7. The maximum absolute atomic E-state index is 11.3. The van der Waals surface area contributed by atoms with Crippen LogP contribution in [-0.2, 0) is 4.79 Å². The van der Waals surface area contributed by atoms with Crippen LogP contribution in [0.5, 0.6) is 11.6 Å². The second kappa shape index (κ2) is 8.58. The van der Waals surface area contributed by atoms with Crippen molar-refractivity contribution in [1.82, 2.24) is 24.9 Å². The number of aromatic amines is 1. The van der Waals surface area contributed by atoms with Gasteiger partial charge in [-0.05, 0) is 37.5 Å². The molecule has 9 heteroatoms. The summed E-state index contributed by atoms with van der Waals surface area (Å²) in [4.78, 5) is 32.3. The molecule has 3 heterocycles. The van der Waals surface area contributed by atoms with Crippen LogP contribution in [0, 0.1) is 12.3 Å². The third kappa shape index (κ3) is 4.07. The van der Waals surface area contributed by atoms with Gasteiger partial charge in [0.15, 0.2) is 11.6 Å². The number of para-hydroxylation sites is 1. The van der Waals surface area contributed by atoms with Gasteiger partial charge in [0.25, 0.3) is 0 Å². The molecule has 5 rings (SSSR count). The Bertz CT molecular complexity index is 1350. The molecule has 1 fully saturated rings. The second-order valence-electron chi connectivity index (χ2n) is 8.35. The van der Waals surface area contributed by atoms with Gasteiger partial charge in [-0.3, -0.25) is 4.79 Å².